The zero-order chi connectivity index (χ0) is 20.8. The fourth-order valence-electron chi connectivity index (χ4n) is 3.34. The molecule has 1 N–H and O–H groups in total. The number of nitrogens with zero attached hydrogens (tertiary/aromatic N) is 1. The van der Waals surface area contributed by atoms with Crippen LogP contribution in [-0.2, 0) is 16.0 Å². The monoisotopic (exact) mass is 470 g/mol. The molecule has 1 unspecified atom stereocenters. The number of thiophene rings is 1. The number of rotatable bonds is 7. The smallest absolute Gasteiger partial charge is 0.235 e. The lowest BCUT2D eigenvalue weighted by molar-refractivity contribution is -0.134. The largest absolute Gasteiger partial charge is 0.355 e. The van der Waals surface area contributed by atoms with Crippen LogP contribution in [0.3, 0.4) is 0 Å². The zero-order valence-electron chi connectivity index (χ0n) is 16.2. The predicted molar refractivity (Wildman–Crippen MR) is 122 cm³/mol. The van der Waals surface area contributed by atoms with Crippen molar-refractivity contribution in [2.75, 3.05) is 19.6 Å². The van der Waals surface area contributed by atoms with Crippen molar-refractivity contribution in [3.8, 4) is 0 Å². The highest BCUT2D eigenvalue weighted by Crippen LogP contribution is 2.33. The Morgan fingerprint density at radius 3 is 2.72 bits per heavy atom. The Balaban J connectivity index is 1.43. The second-order valence-corrected chi connectivity index (χ2v) is 10.3. The molecule has 1 aromatic carbocycles. The summed E-state index contributed by atoms with van der Waals surface area (Å²) in [5.74, 6) is 0.150. The van der Waals surface area contributed by atoms with E-state index in [0.29, 0.717) is 42.5 Å². The lowest BCUT2D eigenvalue weighted by atomic mass is 9.95. The second kappa shape index (κ2) is 10.7. The van der Waals surface area contributed by atoms with Crippen molar-refractivity contribution in [1.82, 2.24) is 10.2 Å². The molecule has 3 rings (SSSR count). The van der Waals surface area contributed by atoms with E-state index >= 15 is 0 Å². The highest BCUT2D eigenvalue weighted by Gasteiger charge is 2.29. The molecule has 1 aromatic heterocycles. The number of likely N-dealkylation sites (tertiary alicyclic amines) is 1. The minimum atomic E-state index is -0.262. The van der Waals surface area contributed by atoms with Crippen molar-refractivity contribution in [3.05, 3.63) is 50.6 Å². The van der Waals surface area contributed by atoms with Gasteiger partial charge >= 0.3 is 0 Å². The maximum atomic E-state index is 12.8. The Morgan fingerprint density at radius 2 is 2.03 bits per heavy atom. The number of nitrogens with one attached hydrogen (secondary N) is 1. The topological polar surface area (TPSA) is 49.4 Å². The SMILES string of the molecule is CC(Sc1cc(Cl)ccc1Cl)C(=O)N1CCC(C(=O)NCCc2cccs2)CC1. The van der Waals surface area contributed by atoms with Crippen LogP contribution in [0.25, 0.3) is 0 Å². The summed E-state index contributed by atoms with van der Waals surface area (Å²) in [5.41, 5.74) is 0. The number of hydrogen-bond acceptors (Lipinski definition) is 4. The molecule has 0 bridgehead atoms. The molecule has 0 radical (unpaired) electrons. The number of halogens is 2. The van der Waals surface area contributed by atoms with E-state index in [1.54, 1.807) is 29.5 Å². The maximum absolute atomic E-state index is 12.8. The summed E-state index contributed by atoms with van der Waals surface area (Å²) < 4.78 is 0. The van der Waals surface area contributed by atoms with Gasteiger partial charge in [0.05, 0.1) is 10.3 Å². The number of piperidine rings is 1. The molecule has 1 atom stereocenters. The van der Waals surface area contributed by atoms with Gasteiger partial charge in [-0.3, -0.25) is 9.59 Å². The van der Waals surface area contributed by atoms with E-state index in [4.69, 9.17) is 23.2 Å². The first-order valence-corrected chi connectivity index (χ1v) is 12.2. The number of carbonyl (C=O) groups excluding carboxylic acids is 2. The third kappa shape index (κ3) is 6.38. The van der Waals surface area contributed by atoms with Crippen LogP contribution in [0.1, 0.15) is 24.6 Å². The molecule has 1 aliphatic rings. The van der Waals surface area contributed by atoms with E-state index in [0.717, 1.165) is 11.3 Å². The van der Waals surface area contributed by atoms with Gasteiger partial charge in [-0.05, 0) is 55.8 Å². The van der Waals surface area contributed by atoms with Crippen molar-refractivity contribution in [2.24, 2.45) is 5.92 Å². The van der Waals surface area contributed by atoms with Crippen molar-refractivity contribution in [3.63, 3.8) is 0 Å². The third-order valence-corrected chi connectivity index (χ3v) is 7.73. The first kappa shape index (κ1) is 22.5. The van der Waals surface area contributed by atoms with Crippen LogP contribution < -0.4 is 5.32 Å². The predicted octanol–water partition coefficient (Wildman–Crippen LogP) is 5.13. The van der Waals surface area contributed by atoms with Gasteiger partial charge in [0.1, 0.15) is 0 Å². The first-order valence-electron chi connectivity index (χ1n) is 9.64. The summed E-state index contributed by atoms with van der Waals surface area (Å²) in [7, 11) is 0. The van der Waals surface area contributed by atoms with Crippen molar-refractivity contribution in [1.29, 1.82) is 0 Å². The standard InChI is InChI=1S/C21H24Cl2N2O2S2/c1-14(29-19-13-16(22)4-5-18(19)23)21(27)25-10-7-15(8-11-25)20(26)24-9-6-17-3-2-12-28-17/h2-5,12-15H,6-11H2,1H3,(H,24,26). The number of carbonyl (C=O) groups is 2. The molecule has 2 aromatic rings. The lowest BCUT2D eigenvalue weighted by Gasteiger charge is -2.33. The molecule has 1 fully saturated rings. The summed E-state index contributed by atoms with van der Waals surface area (Å²) in [6, 6.07) is 9.36. The molecule has 2 amide bonds. The van der Waals surface area contributed by atoms with Gasteiger partial charge in [-0.25, -0.2) is 0 Å². The molecular formula is C21H24Cl2N2O2S2. The van der Waals surface area contributed by atoms with E-state index in [-0.39, 0.29) is 23.0 Å². The van der Waals surface area contributed by atoms with Gasteiger partial charge in [-0.1, -0.05) is 29.3 Å². The molecule has 0 saturated carbocycles. The summed E-state index contributed by atoms with van der Waals surface area (Å²) in [5, 5.41) is 6.01. The number of thioether (sulfide) groups is 1. The van der Waals surface area contributed by atoms with E-state index < -0.39 is 0 Å². The molecule has 0 aliphatic carbocycles. The maximum Gasteiger partial charge on any atom is 0.235 e. The quantitative estimate of drug-likeness (QED) is 0.570. The summed E-state index contributed by atoms with van der Waals surface area (Å²) in [4.78, 5) is 29.1. The molecule has 1 saturated heterocycles. The van der Waals surface area contributed by atoms with E-state index in [9.17, 15) is 9.59 Å². The van der Waals surface area contributed by atoms with Gasteiger partial charge in [0.2, 0.25) is 11.8 Å². The highest BCUT2D eigenvalue weighted by atomic mass is 35.5. The Hall–Kier alpha value is -1.21. The molecule has 8 heteroatoms. The molecule has 2 heterocycles. The Kier molecular flexibility index (Phi) is 8.30. The number of amides is 2. The van der Waals surface area contributed by atoms with Gasteiger partial charge in [-0.15, -0.1) is 23.1 Å². The van der Waals surface area contributed by atoms with Gasteiger partial charge in [-0.2, -0.15) is 0 Å². The summed E-state index contributed by atoms with van der Waals surface area (Å²) in [6.07, 6.45) is 2.26. The molecule has 0 spiro atoms. The van der Waals surface area contributed by atoms with Gasteiger partial charge in [0.15, 0.2) is 0 Å². The van der Waals surface area contributed by atoms with Crippen LogP contribution >= 0.6 is 46.3 Å². The zero-order valence-corrected chi connectivity index (χ0v) is 19.3. The van der Waals surface area contributed by atoms with Crippen LogP contribution in [-0.4, -0.2) is 41.6 Å². The van der Waals surface area contributed by atoms with Crippen molar-refractivity contribution < 1.29 is 9.59 Å². The van der Waals surface area contributed by atoms with E-state index in [1.165, 1.54) is 16.6 Å². The highest BCUT2D eigenvalue weighted by molar-refractivity contribution is 8.00. The third-order valence-electron chi connectivity index (χ3n) is 4.97. The first-order chi connectivity index (χ1) is 13.9. The molecule has 1 aliphatic heterocycles. The second-order valence-electron chi connectivity index (χ2n) is 7.05. The van der Waals surface area contributed by atoms with Gasteiger partial charge in [0.25, 0.3) is 0 Å². The van der Waals surface area contributed by atoms with E-state index in [1.807, 2.05) is 23.3 Å². The Labute approximate surface area is 189 Å². The molecule has 29 heavy (non-hydrogen) atoms. The van der Waals surface area contributed by atoms with Gasteiger partial charge in [0, 0.05) is 40.3 Å². The fourth-order valence-corrected chi connectivity index (χ4v) is 5.54. The van der Waals surface area contributed by atoms with Crippen LogP contribution in [0.15, 0.2) is 40.6 Å². The molecule has 156 valence electrons. The van der Waals surface area contributed by atoms with Crippen LogP contribution in [0.4, 0.5) is 0 Å². The summed E-state index contributed by atoms with van der Waals surface area (Å²) >= 11 is 15.4. The van der Waals surface area contributed by atoms with Crippen LogP contribution in [0, 0.1) is 5.92 Å². The average Bonchev–Trinajstić information content (AvgIpc) is 3.23. The Bertz CT molecular complexity index is 837. The van der Waals surface area contributed by atoms with Crippen molar-refractivity contribution in [2.45, 2.75) is 36.3 Å². The minimum Gasteiger partial charge on any atom is -0.355 e. The minimum absolute atomic E-state index is 0.0206. The number of hydrogen-bond donors (Lipinski definition) is 1. The fraction of sp³-hybridized carbons (Fsp3) is 0.429. The average molecular weight is 471 g/mol. The van der Waals surface area contributed by atoms with Gasteiger partial charge < -0.3 is 10.2 Å². The van der Waals surface area contributed by atoms with Crippen LogP contribution in [0.5, 0.6) is 0 Å². The Morgan fingerprint density at radius 1 is 1.28 bits per heavy atom. The normalized spacial score (nSPS) is 15.9. The molecular weight excluding hydrogens is 447 g/mol. The van der Waals surface area contributed by atoms with Crippen LogP contribution in [0.2, 0.25) is 10.0 Å². The molecule has 4 nitrogen and oxygen atoms in total. The lowest BCUT2D eigenvalue weighted by Crippen LogP contribution is -2.45. The number of benzene rings is 1. The van der Waals surface area contributed by atoms with E-state index in [2.05, 4.69) is 11.4 Å². The summed E-state index contributed by atoms with van der Waals surface area (Å²) in [6.45, 7) is 3.76. The van der Waals surface area contributed by atoms with Crippen molar-refractivity contribution >= 4 is 58.1 Å².